The highest BCUT2D eigenvalue weighted by molar-refractivity contribution is 6.01. The molecule has 1 amide bonds. The molecule has 27 heavy (non-hydrogen) atoms. The molecular weight excluding hydrogens is 338 g/mol. The Morgan fingerprint density at radius 2 is 1.67 bits per heavy atom. The van der Waals surface area contributed by atoms with Gasteiger partial charge in [0.15, 0.2) is 0 Å². The van der Waals surface area contributed by atoms with Crippen molar-refractivity contribution < 1.29 is 14.7 Å². The van der Waals surface area contributed by atoms with Crippen LogP contribution in [-0.4, -0.2) is 34.0 Å². The molecule has 2 aliphatic rings. The number of carbonyl (C=O) groups excluding carboxylic acids is 1. The molecule has 4 nitrogen and oxygen atoms in total. The van der Waals surface area contributed by atoms with E-state index in [4.69, 9.17) is 0 Å². The molecule has 4 rings (SSSR count). The number of nitrogens with zero attached hydrogens (tertiary/aromatic N) is 1. The number of carboxylic acids is 1. The predicted octanol–water partition coefficient (Wildman–Crippen LogP) is 4.26. The molecule has 1 saturated carbocycles. The van der Waals surface area contributed by atoms with Crippen molar-refractivity contribution in [3.05, 3.63) is 71.3 Å². The number of fused-ring (bicyclic) bond motifs is 1. The van der Waals surface area contributed by atoms with Crippen LogP contribution in [0.1, 0.15) is 59.5 Å². The third-order valence-electron chi connectivity index (χ3n) is 6.26. The first-order valence-corrected chi connectivity index (χ1v) is 9.81. The summed E-state index contributed by atoms with van der Waals surface area (Å²) < 4.78 is 0. The lowest BCUT2D eigenvalue weighted by atomic mass is 9.65. The second kappa shape index (κ2) is 7.18. The van der Waals surface area contributed by atoms with Gasteiger partial charge in [-0.2, -0.15) is 0 Å². The first kappa shape index (κ1) is 17.8. The van der Waals surface area contributed by atoms with E-state index in [1.165, 1.54) is 5.56 Å². The number of carbonyl (C=O) groups is 2. The normalized spacial score (nSPS) is 21.1. The van der Waals surface area contributed by atoms with Crippen molar-refractivity contribution in [3.8, 4) is 0 Å². The fourth-order valence-electron chi connectivity index (χ4n) is 5.03. The second-order valence-electron chi connectivity index (χ2n) is 7.72. The lowest BCUT2D eigenvalue weighted by Gasteiger charge is -2.53. The van der Waals surface area contributed by atoms with Crippen LogP contribution in [-0.2, 0) is 11.2 Å². The number of hydrogen-bond donors (Lipinski definition) is 1. The van der Waals surface area contributed by atoms with Crippen molar-refractivity contribution in [3.63, 3.8) is 0 Å². The zero-order valence-electron chi connectivity index (χ0n) is 15.4. The minimum atomic E-state index is -0.818. The minimum absolute atomic E-state index is 0.0130. The quantitative estimate of drug-likeness (QED) is 0.883. The number of hydrogen-bond acceptors (Lipinski definition) is 2. The highest BCUT2D eigenvalue weighted by Crippen LogP contribution is 2.49. The fourth-order valence-corrected chi connectivity index (χ4v) is 5.03. The van der Waals surface area contributed by atoms with Crippen LogP contribution in [0.2, 0.25) is 0 Å². The largest absolute Gasteiger partial charge is 0.481 e. The molecule has 2 aromatic carbocycles. The molecule has 0 aromatic heterocycles. The van der Waals surface area contributed by atoms with E-state index in [0.717, 1.165) is 38.5 Å². The van der Waals surface area contributed by atoms with Crippen LogP contribution in [0.15, 0.2) is 54.6 Å². The summed E-state index contributed by atoms with van der Waals surface area (Å²) in [6, 6.07) is 17.4. The van der Waals surface area contributed by atoms with E-state index >= 15 is 0 Å². The van der Waals surface area contributed by atoms with Gasteiger partial charge in [-0.1, -0.05) is 67.8 Å². The SMILES string of the molecule is O=C(O)C1c2ccccc2C(=O)N(CCc2ccccc2)C12CCCCC2. The minimum Gasteiger partial charge on any atom is -0.481 e. The maximum atomic E-state index is 13.4. The van der Waals surface area contributed by atoms with Crippen LogP contribution in [0.4, 0.5) is 0 Å². The van der Waals surface area contributed by atoms with Crippen LogP contribution in [0.25, 0.3) is 0 Å². The summed E-state index contributed by atoms with van der Waals surface area (Å²) in [5.41, 5.74) is 1.80. The Kier molecular flexibility index (Phi) is 4.73. The molecule has 1 aliphatic heterocycles. The van der Waals surface area contributed by atoms with E-state index in [0.29, 0.717) is 17.7 Å². The van der Waals surface area contributed by atoms with E-state index < -0.39 is 17.4 Å². The van der Waals surface area contributed by atoms with Gasteiger partial charge in [0.25, 0.3) is 5.91 Å². The number of carboxylic acid groups (broad SMARTS) is 1. The number of aliphatic carboxylic acids is 1. The van der Waals surface area contributed by atoms with Gasteiger partial charge in [0.2, 0.25) is 0 Å². The third kappa shape index (κ3) is 3.03. The maximum absolute atomic E-state index is 13.4. The number of rotatable bonds is 4. The lowest BCUT2D eigenvalue weighted by molar-refractivity contribution is -0.144. The summed E-state index contributed by atoms with van der Waals surface area (Å²) in [5, 5.41) is 10.2. The van der Waals surface area contributed by atoms with Crippen molar-refractivity contribution in [2.24, 2.45) is 0 Å². The summed E-state index contributed by atoms with van der Waals surface area (Å²) >= 11 is 0. The van der Waals surface area contributed by atoms with Gasteiger partial charge in [0, 0.05) is 12.1 Å². The Hall–Kier alpha value is -2.62. The van der Waals surface area contributed by atoms with Crippen molar-refractivity contribution in [2.45, 2.75) is 50.0 Å². The summed E-state index contributed by atoms with van der Waals surface area (Å²) in [4.78, 5) is 27.7. The Balaban J connectivity index is 1.77. The van der Waals surface area contributed by atoms with Gasteiger partial charge in [-0.05, 0) is 36.5 Å². The molecule has 0 radical (unpaired) electrons. The van der Waals surface area contributed by atoms with Gasteiger partial charge < -0.3 is 10.0 Å². The molecule has 1 atom stereocenters. The average molecular weight is 363 g/mol. The van der Waals surface area contributed by atoms with Crippen molar-refractivity contribution in [1.82, 2.24) is 4.90 Å². The van der Waals surface area contributed by atoms with Crippen molar-refractivity contribution >= 4 is 11.9 Å². The van der Waals surface area contributed by atoms with E-state index in [1.54, 1.807) is 6.07 Å². The van der Waals surface area contributed by atoms with Crippen molar-refractivity contribution in [2.75, 3.05) is 6.54 Å². The summed E-state index contributed by atoms with van der Waals surface area (Å²) in [5.74, 6) is -1.48. The molecule has 1 heterocycles. The molecule has 1 spiro atoms. The fraction of sp³-hybridized carbons (Fsp3) is 0.391. The van der Waals surface area contributed by atoms with Crippen LogP contribution < -0.4 is 0 Å². The molecule has 4 heteroatoms. The van der Waals surface area contributed by atoms with Gasteiger partial charge in [0.1, 0.15) is 5.92 Å². The van der Waals surface area contributed by atoms with Crippen LogP contribution in [0, 0.1) is 0 Å². The summed E-state index contributed by atoms with van der Waals surface area (Å²) in [6.07, 6.45) is 5.32. The molecule has 1 N–H and O–H groups in total. The van der Waals surface area contributed by atoms with Gasteiger partial charge in [-0.3, -0.25) is 9.59 Å². The van der Waals surface area contributed by atoms with Gasteiger partial charge in [-0.25, -0.2) is 0 Å². The van der Waals surface area contributed by atoms with E-state index in [9.17, 15) is 14.7 Å². The Morgan fingerprint density at radius 1 is 1.00 bits per heavy atom. The Morgan fingerprint density at radius 3 is 2.37 bits per heavy atom. The molecule has 140 valence electrons. The van der Waals surface area contributed by atoms with Crippen LogP contribution >= 0.6 is 0 Å². The lowest BCUT2D eigenvalue weighted by Crippen LogP contribution is -2.61. The Labute approximate surface area is 159 Å². The first-order valence-electron chi connectivity index (χ1n) is 9.81. The third-order valence-corrected chi connectivity index (χ3v) is 6.26. The zero-order chi connectivity index (χ0) is 18.9. The molecule has 0 bridgehead atoms. The smallest absolute Gasteiger partial charge is 0.313 e. The number of benzene rings is 2. The topological polar surface area (TPSA) is 57.6 Å². The van der Waals surface area contributed by atoms with Gasteiger partial charge in [-0.15, -0.1) is 0 Å². The van der Waals surface area contributed by atoms with Crippen LogP contribution in [0.5, 0.6) is 0 Å². The van der Waals surface area contributed by atoms with Gasteiger partial charge >= 0.3 is 5.97 Å². The molecular formula is C23H25NO3. The second-order valence-corrected chi connectivity index (χ2v) is 7.72. The predicted molar refractivity (Wildman–Crippen MR) is 104 cm³/mol. The molecule has 1 aliphatic carbocycles. The molecule has 0 saturated heterocycles. The zero-order valence-corrected chi connectivity index (χ0v) is 15.4. The highest BCUT2D eigenvalue weighted by Gasteiger charge is 2.54. The number of amides is 1. The van der Waals surface area contributed by atoms with Gasteiger partial charge in [0.05, 0.1) is 5.54 Å². The van der Waals surface area contributed by atoms with Crippen LogP contribution in [0.3, 0.4) is 0 Å². The first-order chi connectivity index (χ1) is 13.1. The Bertz CT molecular complexity index is 840. The summed E-state index contributed by atoms with van der Waals surface area (Å²) in [6.45, 7) is 0.557. The average Bonchev–Trinajstić information content (AvgIpc) is 2.69. The molecule has 1 fully saturated rings. The monoisotopic (exact) mass is 363 g/mol. The highest BCUT2D eigenvalue weighted by atomic mass is 16.4. The molecule has 1 unspecified atom stereocenters. The van der Waals surface area contributed by atoms with E-state index in [1.807, 2.05) is 41.3 Å². The standard InChI is InChI=1S/C23H25NO3/c25-21-19-12-6-5-11-18(19)20(22(26)27)23(14-7-2-8-15-23)24(21)16-13-17-9-3-1-4-10-17/h1,3-6,9-12,20H,2,7-8,13-16H2,(H,26,27). The molecule has 2 aromatic rings. The maximum Gasteiger partial charge on any atom is 0.313 e. The summed E-state index contributed by atoms with van der Waals surface area (Å²) in [7, 11) is 0. The van der Waals surface area contributed by atoms with Crippen molar-refractivity contribution in [1.29, 1.82) is 0 Å². The van der Waals surface area contributed by atoms with E-state index in [2.05, 4.69) is 12.1 Å². The van der Waals surface area contributed by atoms with E-state index in [-0.39, 0.29) is 5.91 Å².